The second-order valence-corrected chi connectivity index (χ2v) is 5.09. The fraction of sp³-hybridized carbons (Fsp3) is 0.500. The van der Waals surface area contributed by atoms with E-state index in [2.05, 4.69) is 5.32 Å². The van der Waals surface area contributed by atoms with Gasteiger partial charge in [0, 0.05) is 11.6 Å². The Bertz CT molecular complexity index is 415. The fourth-order valence-corrected chi connectivity index (χ4v) is 2.19. The molecule has 0 saturated carbocycles. The van der Waals surface area contributed by atoms with Gasteiger partial charge in [-0.2, -0.15) is 0 Å². The van der Waals surface area contributed by atoms with Crippen molar-refractivity contribution < 1.29 is 14.3 Å². The van der Waals surface area contributed by atoms with Crippen molar-refractivity contribution in [3.05, 3.63) is 29.3 Å². The van der Waals surface area contributed by atoms with E-state index in [9.17, 15) is 4.79 Å². The van der Waals surface area contributed by atoms with E-state index in [4.69, 9.17) is 21.1 Å². The predicted molar refractivity (Wildman–Crippen MR) is 73.5 cm³/mol. The van der Waals surface area contributed by atoms with Crippen LogP contribution in [0.15, 0.2) is 24.3 Å². The molecule has 0 bridgehead atoms. The van der Waals surface area contributed by atoms with Crippen LogP contribution in [0.1, 0.15) is 19.8 Å². The van der Waals surface area contributed by atoms with Gasteiger partial charge in [-0.25, -0.2) is 0 Å². The van der Waals surface area contributed by atoms with Crippen molar-refractivity contribution in [2.75, 3.05) is 13.2 Å². The standard InChI is InChI=1S/C14H18ClNO3/c1-10(13-3-2-8-18-13)16-14(17)9-19-12-6-4-11(15)5-7-12/h4-7,10,13H,2-3,8-9H2,1H3,(H,16,17)/t10-,13-/m0/s1. The molecule has 0 aromatic heterocycles. The van der Waals surface area contributed by atoms with Crippen LogP contribution in [0.4, 0.5) is 0 Å². The molecule has 1 aliphatic rings. The van der Waals surface area contributed by atoms with Crippen LogP contribution in [0.2, 0.25) is 5.02 Å². The normalized spacial score (nSPS) is 20.0. The summed E-state index contributed by atoms with van der Waals surface area (Å²) in [5.41, 5.74) is 0. The lowest BCUT2D eigenvalue weighted by molar-refractivity contribution is -0.124. The van der Waals surface area contributed by atoms with Crippen molar-refractivity contribution >= 4 is 17.5 Å². The van der Waals surface area contributed by atoms with Gasteiger partial charge in [0.1, 0.15) is 5.75 Å². The van der Waals surface area contributed by atoms with Gasteiger partial charge in [0.05, 0.1) is 12.1 Å². The summed E-state index contributed by atoms with van der Waals surface area (Å²) in [6.45, 7) is 2.74. The number of amides is 1. The zero-order valence-corrected chi connectivity index (χ0v) is 11.7. The van der Waals surface area contributed by atoms with Crippen LogP contribution in [0.3, 0.4) is 0 Å². The molecular weight excluding hydrogens is 266 g/mol. The van der Waals surface area contributed by atoms with Crippen LogP contribution < -0.4 is 10.1 Å². The Hall–Kier alpha value is -1.26. The van der Waals surface area contributed by atoms with E-state index in [1.807, 2.05) is 6.92 Å². The molecule has 1 heterocycles. The lowest BCUT2D eigenvalue weighted by Crippen LogP contribution is -2.42. The van der Waals surface area contributed by atoms with E-state index in [-0.39, 0.29) is 24.7 Å². The monoisotopic (exact) mass is 283 g/mol. The van der Waals surface area contributed by atoms with Crippen LogP contribution in [0.5, 0.6) is 5.75 Å². The fourth-order valence-electron chi connectivity index (χ4n) is 2.07. The van der Waals surface area contributed by atoms with Crippen molar-refractivity contribution in [2.45, 2.75) is 31.9 Å². The molecule has 4 nitrogen and oxygen atoms in total. The number of nitrogens with one attached hydrogen (secondary N) is 1. The van der Waals surface area contributed by atoms with Gasteiger partial charge in [-0.1, -0.05) is 11.6 Å². The number of halogens is 1. The van der Waals surface area contributed by atoms with Gasteiger partial charge >= 0.3 is 0 Å². The molecule has 1 aromatic carbocycles. The predicted octanol–water partition coefficient (Wildman–Crippen LogP) is 2.40. The molecule has 1 N–H and O–H groups in total. The van der Waals surface area contributed by atoms with Crippen molar-refractivity contribution in [1.82, 2.24) is 5.32 Å². The summed E-state index contributed by atoms with van der Waals surface area (Å²) in [7, 11) is 0. The largest absolute Gasteiger partial charge is 0.484 e. The number of benzene rings is 1. The summed E-state index contributed by atoms with van der Waals surface area (Å²) in [5, 5.41) is 3.53. The molecule has 0 aliphatic carbocycles. The van der Waals surface area contributed by atoms with Gasteiger partial charge in [0.15, 0.2) is 6.61 Å². The minimum absolute atomic E-state index is 0.00130. The van der Waals surface area contributed by atoms with Gasteiger partial charge in [0.2, 0.25) is 0 Å². The highest BCUT2D eigenvalue weighted by molar-refractivity contribution is 6.30. The van der Waals surface area contributed by atoms with Gasteiger partial charge in [0.25, 0.3) is 5.91 Å². The highest BCUT2D eigenvalue weighted by atomic mass is 35.5. The molecule has 2 atom stereocenters. The Morgan fingerprint density at radius 3 is 2.89 bits per heavy atom. The SMILES string of the molecule is C[C@H](NC(=O)COc1ccc(Cl)cc1)[C@@H]1CCCO1. The summed E-state index contributed by atoms with van der Waals surface area (Å²) in [5.74, 6) is 0.488. The zero-order valence-electron chi connectivity index (χ0n) is 10.9. The number of rotatable bonds is 5. The zero-order chi connectivity index (χ0) is 13.7. The van der Waals surface area contributed by atoms with E-state index in [0.717, 1.165) is 19.4 Å². The van der Waals surface area contributed by atoms with Gasteiger partial charge in [-0.15, -0.1) is 0 Å². The molecule has 1 saturated heterocycles. The number of hydrogen-bond acceptors (Lipinski definition) is 3. The molecule has 19 heavy (non-hydrogen) atoms. The van der Waals surface area contributed by atoms with E-state index < -0.39 is 0 Å². The lowest BCUT2D eigenvalue weighted by atomic mass is 10.1. The molecular formula is C14H18ClNO3. The number of hydrogen-bond donors (Lipinski definition) is 1. The molecule has 1 fully saturated rings. The van der Waals surface area contributed by atoms with Crippen LogP contribution >= 0.6 is 11.6 Å². The maximum Gasteiger partial charge on any atom is 0.258 e. The smallest absolute Gasteiger partial charge is 0.258 e. The summed E-state index contributed by atoms with van der Waals surface area (Å²) in [6.07, 6.45) is 2.19. The quantitative estimate of drug-likeness (QED) is 0.903. The third-order valence-electron chi connectivity index (χ3n) is 3.09. The van der Waals surface area contributed by atoms with Gasteiger partial charge in [-0.05, 0) is 44.0 Å². The average Bonchev–Trinajstić information content (AvgIpc) is 2.92. The van der Waals surface area contributed by atoms with Crippen LogP contribution in [0, 0.1) is 0 Å². The van der Waals surface area contributed by atoms with Crippen molar-refractivity contribution in [2.24, 2.45) is 0 Å². The van der Waals surface area contributed by atoms with Crippen molar-refractivity contribution in [3.8, 4) is 5.75 Å². The van der Waals surface area contributed by atoms with E-state index in [1.54, 1.807) is 24.3 Å². The Morgan fingerprint density at radius 1 is 1.53 bits per heavy atom. The van der Waals surface area contributed by atoms with Crippen molar-refractivity contribution in [3.63, 3.8) is 0 Å². The summed E-state index contributed by atoms with van der Waals surface area (Å²) < 4.78 is 10.9. The summed E-state index contributed by atoms with van der Waals surface area (Å²) in [6, 6.07) is 6.94. The Labute approximate surface area is 118 Å². The van der Waals surface area contributed by atoms with Gasteiger partial charge in [-0.3, -0.25) is 4.79 Å². The molecule has 0 spiro atoms. The Balaban J connectivity index is 1.73. The molecule has 104 valence electrons. The van der Waals surface area contributed by atoms with Crippen LogP contribution in [-0.2, 0) is 9.53 Å². The minimum Gasteiger partial charge on any atom is -0.484 e. The first-order valence-electron chi connectivity index (χ1n) is 6.44. The van der Waals surface area contributed by atoms with E-state index in [1.165, 1.54) is 0 Å². The third kappa shape index (κ3) is 4.40. The number of carbonyl (C=O) groups is 1. The lowest BCUT2D eigenvalue weighted by Gasteiger charge is -2.20. The third-order valence-corrected chi connectivity index (χ3v) is 3.35. The molecule has 1 amide bonds. The number of carbonyl (C=O) groups excluding carboxylic acids is 1. The molecule has 2 rings (SSSR count). The molecule has 0 radical (unpaired) electrons. The average molecular weight is 284 g/mol. The Kier molecular flexibility index (Phi) is 5.05. The summed E-state index contributed by atoms with van der Waals surface area (Å²) >= 11 is 5.77. The minimum atomic E-state index is -0.141. The number of ether oxygens (including phenoxy) is 2. The molecule has 0 unspecified atom stereocenters. The second kappa shape index (κ2) is 6.78. The van der Waals surface area contributed by atoms with E-state index in [0.29, 0.717) is 10.8 Å². The summed E-state index contributed by atoms with van der Waals surface area (Å²) in [4.78, 5) is 11.7. The highest BCUT2D eigenvalue weighted by Gasteiger charge is 2.23. The molecule has 1 aliphatic heterocycles. The van der Waals surface area contributed by atoms with Crippen LogP contribution in [0.25, 0.3) is 0 Å². The maximum atomic E-state index is 11.7. The van der Waals surface area contributed by atoms with E-state index >= 15 is 0 Å². The Morgan fingerprint density at radius 2 is 2.26 bits per heavy atom. The van der Waals surface area contributed by atoms with Crippen molar-refractivity contribution in [1.29, 1.82) is 0 Å². The van der Waals surface area contributed by atoms with Crippen LogP contribution in [-0.4, -0.2) is 31.3 Å². The topological polar surface area (TPSA) is 47.6 Å². The van der Waals surface area contributed by atoms with Gasteiger partial charge < -0.3 is 14.8 Å². The highest BCUT2D eigenvalue weighted by Crippen LogP contribution is 2.16. The first-order chi connectivity index (χ1) is 9.15. The second-order valence-electron chi connectivity index (χ2n) is 4.65. The maximum absolute atomic E-state index is 11.7. The first kappa shape index (κ1) is 14.2. The first-order valence-corrected chi connectivity index (χ1v) is 6.82. The molecule has 5 heteroatoms. The molecule has 1 aromatic rings.